The molecule has 4 atom stereocenters. The smallest absolute Gasteiger partial charge is 0.137 e. The number of hydrogen-bond donors (Lipinski definition) is 0. The van der Waals surface area contributed by atoms with E-state index in [0.717, 1.165) is 12.8 Å². The third-order valence-electron chi connectivity index (χ3n) is 4.34. The van der Waals surface area contributed by atoms with E-state index >= 15 is 0 Å². The monoisotopic (exact) mass is 206 g/mol. The third-order valence-corrected chi connectivity index (χ3v) is 4.34. The minimum Gasteiger partial charge on any atom is -0.299 e. The summed E-state index contributed by atoms with van der Waals surface area (Å²) in [6, 6.07) is 0. The molecule has 0 amide bonds. The molecule has 0 heterocycles. The summed E-state index contributed by atoms with van der Waals surface area (Å²) in [7, 11) is 0. The van der Waals surface area contributed by atoms with Crippen LogP contribution in [0.2, 0.25) is 0 Å². The van der Waals surface area contributed by atoms with Gasteiger partial charge in [0.05, 0.1) is 0 Å². The van der Waals surface area contributed by atoms with Crippen LogP contribution >= 0.6 is 0 Å². The van der Waals surface area contributed by atoms with Crippen molar-refractivity contribution in [2.24, 2.45) is 29.6 Å². The second kappa shape index (κ2) is 4.11. The maximum atomic E-state index is 12.1. The first kappa shape index (κ1) is 10.9. The van der Waals surface area contributed by atoms with Gasteiger partial charge in [-0.3, -0.25) is 4.79 Å². The maximum Gasteiger partial charge on any atom is 0.137 e. The van der Waals surface area contributed by atoms with Gasteiger partial charge in [0.25, 0.3) is 0 Å². The lowest BCUT2D eigenvalue weighted by Gasteiger charge is -2.40. The summed E-state index contributed by atoms with van der Waals surface area (Å²) in [5, 5.41) is 0. The van der Waals surface area contributed by atoms with E-state index in [2.05, 4.69) is 32.9 Å². The molecule has 0 bridgehead atoms. The molecule has 2 rings (SSSR count). The number of allylic oxidation sites excluding steroid dienone is 2. The Morgan fingerprint density at radius 1 is 1.40 bits per heavy atom. The van der Waals surface area contributed by atoms with E-state index in [1.165, 1.54) is 6.42 Å². The second-order valence-corrected chi connectivity index (χ2v) is 5.72. The van der Waals surface area contributed by atoms with E-state index in [1.54, 1.807) is 0 Å². The zero-order valence-electron chi connectivity index (χ0n) is 10.1. The standard InChI is InChI=1S/C14H22O/c1-9(2)12-7-11-6-4-5-10(3)14(11)13(15)8-12/h4-5,9-12,14H,6-8H2,1-3H3/t10-,11-,12-,14+/m1/s1. The largest absolute Gasteiger partial charge is 0.299 e. The van der Waals surface area contributed by atoms with Crippen LogP contribution in [0.1, 0.15) is 40.0 Å². The van der Waals surface area contributed by atoms with Crippen LogP contribution in [0.15, 0.2) is 12.2 Å². The lowest BCUT2D eigenvalue weighted by molar-refractivity contribution is -0.130. The number of carbonyl (C=O) groups is 1. The Morgan fingerprint density at radius 3 is 2.80 bits per heavy atom. The Bertz CT molecular complexity index is 277. The van der Waals surface area contributed by atoms with Gasteiger partial charge in [-0.15, -0.1) is 0 Å². The number of Topliss-reactive ketones (excluding diaryl/α,β-unsaturated/α-hetero) is 1. The summed E-state index contributed by atoms with van der Waals surface area (Å²) in [6.07, 6.45) is 7.74. The van der Waals surface area contributed by atoms with E-state index in [1.807, 2.05) is 0 Å². The molecule has 1 saturated carbocycles. The highest BCUT2D eigenvalue weighted by Crippen LogP contribution is 2.42. The zero-order valence-corrected chi connectivity index (χ0v) is 10.1. The van der Waals surface area contributed by atoms with E-state index in [0.29, 0.717) is 35.4 Å². The fraction of sp³-hybridized carbons (Fsp3) is 0.786. The van der Waals surface area contributed by atoms with Gasteiger partial charge in [-0.2, -0.15) is 0 Å². The summed E-state index contributed by atoms with van der Waals surface area (Å²) in [6.45, 7) is 6.70. The van der Waals surface area contributed by atoms with Crippen LogP contribution in [0.3, 0.4) is 0 Å². The lowest BCUT2D eigenvalue weighted by atomic mass is 9.63. The Hall–Kier alpha value is -0.590. The first-order chi connectivity index (χ1) is 7.09. The average Bonchev–Trinajstić information content (AvgIpc) is 2.17. The quantitative estimate of drug-likeness (QED) is 0.601. The van der Waals surface area contributed by atoms with Crippen LogP contribution in [0.5, 0.6) is 0 Å². The van der Waals surface area contributed by atoms with Gasteiger partial charge >= 0.3 is 0 Å². The van der Waals surface area contributed by atoms with E-state index in [4.69, 9.17) is 0 Å². The molecule has 2 aliphatic carbocycles. The molecule has 0 radical (unpaired) electrons. The van der Waals surface area contributed by atoms with Crippen molar-refractivity contribution in [3.8, 4) is 0 Å². The maximum absolute atomic E-state index is 12.1. The van der Waals surface area contributed by atoms with Gasteiger partial charge in [0, 0.05) is 12.3 Å². The van der Waals surface area contributed by atoms with E-state index in [-0.39, 0.29) is 0 Å². The SMILES string of the molecule is CC(C)[C@H]1CC(=O)[C@@H]2[C@H](CC=C[C@H]2C)C1. The fourth-order valence-electron chi connectivity index (χ4n) is 3.34. The highest BCUT2D eigenvalue weighted by atomic mass is 16.1. The van der Waals surface area contributed by atoms with Gasteiger partial charge in [-0.25, -0.2) is 0 Å². The molecule has 0 N–H and O–H groups in total. The fourth-order valence-corrected chi connectivity index (χ4v) is 3.34. The van der Waals surface area contributed by atoms with Gasteiger partial charge in [0.15, 0.2) is 0 Å². The van der Waals surface area contributed by atoms with Crippen molar-refractivity contribution in [1.29, 1.82) is 0 Å². The summed E-state index contributed by atoms with van der Waals surface area (Å²) >= 11 is 0. The van der Waals surface area contributed by atoms with Crippen molar-refractivity contribution in [2.75, 3.05) is 0 Å². The van der Waals surface area contributed by atoms with Gasteiger partial charge < -0.3 is 0 Å². The van der Waals surface area contributed by atoms with Crippen LogP contribution in [0.4, 0.5) is 0 Å². The Morgan fingerprint density at radius 2 is 2.13 bits per heavy atom. The average molecular weight is 206 g/mol. The number of hydrogen-bond acceptors (Lipinski definition) is 1. The Kier molecular flexibility index (Phi) is 2.99. The molecule has 1 fully saturated rings. The molecule has 1 heteroatoms. The predicted octanol–water partition coefficient (Wildman–Crippen LogP) is 3.45. The first-order valence-electron chi connectivity index (χ1n) is 6.29. The van der Waals surface area contributed by atoms with Gasteiger partial charge in [0.2, 0.25) is 0 Å². The molecular formula is C14H22O. The van der Waals surface area contributed by atoms with Crippen molar-refractivity contribution in [1.82, 2.24) is 0 Å². The lowest BCUT2D eigenvalue weighted by Crippen LogP contribution is -2.39. The van der Waals surface area contributed by atoms with Crippen molar-refractivity contribution >= 4 is 5.78 Å². The molecular weight excluding hydrogens is 184 g/mol. The van der Waals surface area contributed by atoms with Crippen LogP contribution in [0, 0.1) is 29.6 Å². The normalized spacial score (nSPS) is 40.7. The molecule has 1 nitrogen and oxygen atoms in total. The summed E-state index contributed by atoms with van der Waals surface area (Å²) in [4.78, 5) is 12.1. The van der Waals surface area contributed by atoms with Gasteiger partial charge in [-0.05, 0) is 36.5 Å². The number of fused-ring (bicyclic) bond motifs is 1. The number of ketones is 1. The third kappa shape index (κ3) is 2.02. The van der Waals surface area contributed by atoms with Crippen molar-refractivity contribution in [3.05, 3.63) is 12.2 Å². The Labute approximate surface area is 92.9 Å². The molecule has 0 aromatic carbocycles. The predicted molar refractivity (Wildman–Crippen MR) is 62.5 cm³/mol. The zero-order chi connectivity index (χ0) is 11.0. The minimum absolute atomic E-state index is 0.338. The van der Waals surface area contributed by atoms with E-state index in [9.17, 15) is 4.79 Å². The Balaban J connectivity index is 2.14. The molecule has 0 spiro atoms. The van der Waals surface area contributed by atoms with Crippen LogP contribution < -0.4 is 0 Å². The van der Waals surface area contributed by atoms with Crippen LogP contribution in [-0.4, -0.2) is 5.78 Å². The minimum atomic E-state index is 0.338. The number of rotatable bonds is 1. The molecule has 0 unspecified atom stereocenters. The van der Waals surface area contributed by atoms with Crippen molar-refractivity contribution < 1.29 is 4.79 Å². The van der Waals surface area contributed by atoms with Gasteiger partial charge in [0.1, 0.15) is 5.78 Å². The summed E-state index contributed by atoms with van der Waals surface area (Å²) in [5.41, 5.74) is 0. The van der Waals surface area contributed by atoms with Crippen molar-refractivity contribution in [2.45, 2.75) is 40.0 Å². The van der Waals surface area contributed by atoms with Crippen LogP contribution in [0.25, 0.3) is 0 Å². The highest BCUT2D eigenvalue weighted by Gasteiger charge is 2.40. The molecule has 15 heavy (non-hydrogen) atoms. The van der Waals surface area contributed by atoms with Crippen molar-refractivity contribution in [3.63, 3.8) is 0 Å². The molecule has 2 aliphatic rings. The first-order valence-corrected chi connectivity index (χ1v) is 6.29. The summed E-state index contributed by atoms with van der Waals surface area (Å²) < 4.78 is 0. The van der Waals surface area contributed by atoms with Gasteiger partial charge in [-0.1, -0.05) is 32.9 Å². The van der Waals surface area contributed by atoms with Crippen LogP contribution in [-0.2, 0) is 4.79 Å². The molecule has 0 saturated heterocycles. The number of carbonyl (C=O) groups excluding carboxylic acids is 1. The van der Waals surface area contributed by atoms with E-state index < -0.39 is 0 Å². The topological polar surface area (TPSA) is 17.1 Å². The molecule has 0 aliphatic heterocycles. The molecule has 84 valence electrons. The molecule has 0 aromatic heterocycles. The summed E-state index contributed by atoms with van der Waals surface area (Å²) in [5.74, 6) is 3.28. The highest BCUT2D eigenvalue weighted by molar-refractivity contribution is 5.83. The second-order valence-electron chi connectivity index (χ2n) is 5.72. The molecule has 0 aromatic rings.